The summed E-state index contributed by atoms with van der Waals surface area (Å²) in [6.07, 6.45) is 0. The van der Waals surface area contributed by atoms with Crippen LogP contribution in [0.15, 0.2) is 48.5 Å². The number of hydrogen-bond acceptors (Lipinski definition) is 6. The monoisotopic (exact) mass is 375 g/mol. The van der Waals surface area contributed by atoms with Crippen molar-refractivity contribution in [3.05, 3.63) is 70.0 Å². The molecule has 2 aromatic rings. The second-order valence-electron chi connectivity index (χ2n) is 5.18. The van der Waals surface area contributed by atoms with Gasteiger partial charge in [-0.1, -0.05) is 18.2 Å². The Kier molecular flexibility index (Phi) is 6.53. The standard InChI is InChI=1S/C17H14FN3O6/c18-13-7-6-12(21(25)26)8-14(13)20-15(22)10-27-16(23)9-19-17(24)11-4-2-1-3-5-11/h1-8H,9-10H2,(H,19,24)(H,20,22). The maximum Gasteiger partial charge on any atom is 0.325 e. The van der Waals surface area contributed by atoms with Gasteiger partial charge in [-0.2, -0.15) is 0 Å². The Morgan fingerprint density at radius 3 is 2.48 bits per heavy atom. The molecule has 27 heavy (non-hydrogen) atoms. The van der Waals surface area contributed by atoms with Crippen LogP contribution in [0.25, 0.3) is 0 Å². The Balaban J connectivity index is 1.80. The molecular formula is C17H14FN3O6. The van der Waals surface area contributed by atoms with Crippen molar-refractivity contribution in [2.45, 2.75) is 0 Å². The number of nitrogens with zero attached hydrogens (tertiary/aromatic N) is 1. The fourth-order valence-corrected chi connectivity index (χ4v) is 1.95. The van der Waals surface area contributed by atoms with Gasteiger partial charge in [-0.25, -0.2) is 4.39 Å². The molecule has 2 N–H and O–H groups in total. The predicted molar refractivity (Wildman–Crippen MR) is 91.4 cm³/mol. The molecule has 0 aliphatic rings. The molecule has 0 radical (unpaired) electrons. The minimum Gasteiger partial charge on any atom is -0.454 e. The van der Waals surface area contributed by atoms with Crippen LogP contribution >= 0.6 is 0 Å². The number of non-ortho nitro benzene ring substituents is 1. The Bertz CT molecular complexity index is 872. The number of esters is 1. The highest BCUT2D eigenvalue weighted by Gasteiger charge is 2.15. The second-order valence-corrected chi connectivity index (χ2v) is 5.18. The molecule has 2 amide bonds. The maximum absolute atomic E-state index is 13.6. The zero-order valence-corrected chi connectivity index (χ0v) is 13.8. The summed E-state index contributed by atoms with van der Waals surface area (Å²) in [4.78, 5) is 44.9. The first-order chi connectivity index (χ1) is 12.9. The van der Waals surface area contributed by atoms with E-state index in [1.54, 1.807) is 30.3 Å². The minimum absolute atomic E-state index is 0.351. The summed E-state index contributed by atoms with van der Waals surface area (Å²) < 4.78 is 18.2. The van der Waals surface area contributed by atoms with Crippen LogP contribution in [0.2, 0.25) is 0 Å². The number of amides is 2. The van der Waals surface area contributed by atoms with Crippen molar-refractivity contribution in [2.24, 2.45) is 0 Å². The van der Waals surface area contributed by atoms with Gasteiger partial charge < -0.3 is 15.4 Å². The van der Waals surface area contributed by atoms with Crippen LogP contribution in [-0.4, -0.2) is 35.9 Å². The molecule has 0 atom stereocenters. The maximum atomic E-state index is 13.6. The lowest BCUT2D eigenvalue weighted by molar-refractivity contribution is -0.384. The average molecular weight is 375 g/mol. The van der Waals surface area contributed by atoms with Crippen molar-refractivity contribution in [3.63, 3.8) is 0 Å². The lowest BCUT2D eigenvalue weighted by atomic mass is 10.2. The number of anilines is 1. The third-order valence-corrected chi connectivity index (χ3v) is 3.23. The van der Waals surface area contributed by atoms with Crippen LogP contribution in [0.4, 0.5) is 15.8 Å². The van der Waals surface area contributed by atoms with Crippen LogP contribution in [-0.2, 0) is 14.3 Å². The van der Waals surface area contributed by atoms with Gasteiger partial charge in [0.25, 0.3) is 17.5 Å². The Hall–Kier alpha value is -3.82. The zero-order valence-electron chi connectivity index (χ0n) is 13.8. The molecule has 2 rings (SSSR count). The molecule has 0 fully saturated rings. The first-order valence-electron chi connectivity index (χ1n) is 7.59. The van der Waals surface area contributed by atoms with E-state index < -0.39 is 53.1 Å². The van der Waals surface area contributed by atoms with Crippen molar-refractivity contribution in [2.75, 3.05) is 18.5 Å². The summed E-state index contributed by atoms with van der Waals surface area (Å²) in [7, 11) is 0. The SMILES string of the molecule is O=C(COC(=O)CNC(=O)c1ccccc1)Nc1cc([N+](=O)[O-])ccc1F. The number of ether oxygens (including phenoxy) is 1. The zero-order chi connectivity index (χ0) is 19.8. The largest absolute Gasteiger partial charge is 0.454 e. The van der Waals surface area contributed by atoms with Gasteiger partial charge in [0.05, 0.1) is 10.6 Å². The molecule has 10 heteroatoms. The van der Waals surface area contributed by atoms with Gasteiger partial charge in [0, 0.05) is 17.7 Å². The number of nitrogens with one attached hydrogen (secondary N) is 2. The fourth-order valence-electron chi connectivity index (χ4n) is 1.95. The summed E-state index contributed by atoms with van der Waals surface area (Å²) >= 11 is 0. The van der Waals surface area contributed by atoms with Gasteiger partial charge in [-0.05, 0) is 18.2 Å². The first-order valence-corrected chi connectivity index (χ1v) is 7.59. The Labute approximate surface area is 152 Å². The topological polar surface area (TPSA) is 128 Å². The molecule has 0 saturated carbocycles. The quantitative estimate of drug-likeness (QED) is 0.430. The smallest absolute Gasteiger partial charge is 0.325 e. The first kappa shape index (κ1) is 19.5. The summed E-state index contributed by atoms with van der Waals surface area (Å²) in [5.74, 6) is -3.14. The fraction of sp³-hybridized carbons (Fsp3) is 0.118. The van der Waals surface area contributed by atoms with E-state index in [1.807, 2.05) is 0 Å². The molecule has 0 aliphatic heterocycles. The van der Waals surface area contributed by atoms with Crippen LogP contribution in [0.5, 0.6) is 0 Å². The third kappa shape index (κ3) is 5.88. The van der Waals surface area contributed by atoms with Crippen LogP contribution < -0.4 is 10.6 Å². The normalized spacial score (nSPS) is 9.96. The molecule has 0 unspecified atom stereocenters. The van der Waals surface area contributed by atoms with Gasteiger partial charge in [-0.15, -0.1) is 0 Å². The van der Waals surface area contributed by atoms with E-state index in [2.05, 4.69) is 15.4 Å². The summed E-state index contributed by atoms with van der Waals surface area (Å²) in [5.41, 5.74) is -0.473. The number of carbonyl (C=O) groups is 3. The van der Waals surface area contributed by atoms with Gasteiger partial charge in [-0.3, -0.25) is 24.5 Å². The van der Waals surface area contributed by atoms with Crippen molar-refractivity contribution in [1.82, 2.24) is 5.32 Å². The number of nitro groups is 1. The van der Waals surface area contributed by atoms with Crippen molar-refractivity contribution in [3.8, 4) is 0 Å². The number of benzene rings is 2. The number of hydrogen-bond donors (Lipinski definition) is 2. The Morgan fingerprint density at radius 1 is 1.11 bits per heavy atom. The minimum atomic E-state index is -0.892. The van der Waals surface area contributed by atoms with E-state index in [4.69, 9.17) is 0 Å². The third-order valence-electron chi connectivity index (χ3n) is 3.23. The lowest BCUT2D eigenvalue weighted by Gasteiger charge is -2.08. The highest BCUT2D eigenvalue weighted by atomic mass is 19.1. The van der Waals surface area contributed by atoms with E-state index >= 15 is 0 Å². The summed E-state index contributed by atoms with van der Waals surface area (Å²) in [6.45, 7) is -1.21. The van der Waals surface area contributed by atoms with E-state index in [9.17, 15) is 28.9 Å². The molecule has 140 valence electrons. The molecule has 9 nitrogen and oxygen atoms in total. The number of halogens is 1. The molecule has 0 heterocycles. The molecule has 0 saturated heterocycles. The molecule has 0 spiro atoms. The molecule has 0 bridgehead atoms. The van der Waals surface area contributed by atoms with E-state index in [0.717, 1.165) is 18.2 Å². The van der Waals surface area contributed by atoms with Crippen LogP contribution in [0.1, 0.15) is 10.4 Å². The predicted octanol–water partition coefficient (Wildman–Crippen LogP) is 1.65. The average Bonchev–Trinajstić information content (AvgIpc) is 2.66. The highest BCUT2D eigenvalue weighted by molar-refractivity contribution is 5.96. The van der Waals surface area contributed by atoms with E-state index in [0.29, 0.717) is 5.56 Å². The van der Waals surface area contributed by atoms with Gasteiger partial charge in [0.1, 0.15) is 12.4 Å². The molecular weight excluding hydrogens is 361 g/mol. The molecule has 0 aliphatic carbocycles. The lowest BCUT2D eigenvalue weighted by Crippen LogP contribution is -2.32. The van der Waals surface area contributed by atoms with Crippen LogP contribution in [0, 0.1) is 15.9 Å². The van der Waals surface area contributed by atoms with Gasteiger partial charge in [0.2, 0.25) is 0 Å². The molecule has 0 aromatic heterocycles. The second kappa shape index (κ2) is 9.04. The van der Waals surface area contributed by atoms with Crippen molar-refractivity contribution < 1.29 is 28.4 Å². The molecule has 2 aromatic carbocycles. The summed E-state index contributed by atoms with van der Waals surface area (Å²) in [6, 6.07) is 10.8. The van der Waals surface area contributed by atoms with E-state index in [1.165, 1.54) is 0 Å². The van der Waals surface area contributed by atoms with E-state index in [-0.39, 0.29) is 0 Å². The van der Waals surface area contributed by atoms with Gasteiger partial charge >= 0.3 is 5.97 Å². The van der Waals surface area contributed by atoms with Crippen molar-refractivity contribution >= 4 is 29.2 Å². The summed E-state index contributed by atoms with van der Waals surface area (Å²) in [5, 5.41) is 15.1. The van der Waals surface area contributed by atoms with Gasteiger partial charge in [0.15, 0.2) is 6.61 Å². The van der Waals surface area contributed by atoms with Crippen molar-refractivity contribution in [1.29, 1.82) is 0 Å². The Morgan fingerprint density at radius 2 is 1.81 bits per heavy atom. The number of rotatable bonds is 7. The number of nitro benzene ring substituents is 1. The van der Waals surface area contributed by atoms with Crippen LogP contribution in [0.3, 0.4) is 0 Å². The number of carbonyl (C=O) groups excluding carboxylic acids is 3. The highest BCUT2D eigenvalue weighted by Crippen LogP contribution is 2.21.